The van der Waals surface area contributed by atoms with Crippen molar-refractivity contribution in [3.63, 3.8) is 0 Å². The Balaban J connectivity index is 1.23. The van der Waals surface area contributed by atoms with Crippen LogP contribution < -0.4 is 0 Å². The Labute approximate surface area is 178 Å². The van der Waals surface area contributed by atoms with E-state index in [-0.39, 0.29) is 26.2 Å². The molecule has 1 aliphatic carbocycles. The Morgan fingerprint density at radius 3 is 2.81 bits per heavy atom. The minimum Gasteiger partial charge on any atom is -0.457 e. The second-order valence-electron chi connectivity index (χ2n) is 8.25. The predicted octanol–water partition coefficient (Wildman–Crippen LogP) is 3.72. The number of fused-ring (bicyclic) bond motifs is 3. The number of nitrogens with zero attached hydrogens (tertiary/aromatic N) is 3. The molecule has 1 aliphatic heterocycles. The zero-order chi connectivity index (χ0) is 21.6. The van der Waals surface area contributed by atoms with Crippen LogP contribution in [-0.4, -0.2) is 45.8 Å². The Morgan fingerprint density at radius 2 is 2.06 bits per heavy atom. The summed E-state index contributed by atoms with van der Waals surface area (Å²) in [5.74, 6) is 1.07. The smallest absolute Gasteiger partial charge is 0.410 e. The molecule has 160 valence electrons. The van der Waals surface area contributed by atoms with Crippen LogP contribution in [0.25, 0.3) is 11.3 Å². The molecular weight excluding hydrogens is 401 g/mol. The molecule has 0 bridgehead atoms. The van der Waals surface area contributed by atoms with Crippen LogP contribution in [0.2, 0.25) is 0 Å². The minimum atomic E-state index is -1.55. The van der Waals surface area contributed by atoms with E-state index in [1.165, 1.54) is 4.90 Å². The maximum absolute atomic E-state index is 15.2. The SMILES string of the molecule is Cc1c(C=O)oc2c1-c1nn(CC3(F)CN(C(=O)OCc4ccccc4)C3)cc1CC2. The number of furan rings is 1. The molecule has 1 amide bonds. The average Bonchev–Trinajstić information content (AvgIpc) is 3.30. The molecule has 3 heterocycles. The number of carbonyl (C=O) groups is 2. The first-order chi connectivity index (χ1) is 15.0. The lowest BCUT2D eigenvalue weighted by Crippen LogP contribution is -2.62. The summed E-state index contributed by atoms with van der Waals surface area (Å²) in [5, 5.41) is 4.58. The van der Waals surface area contributed by atoms with E-state index in [2.05, 4.69) is 5.10 Å². The van der Waals surface area contributed by atoms with Gasteiger partial charge in [-0.2, -0.15) is 5.10 Å². The summed E-state index contributed by atoms with van der Waals surface area (Å²) in [4.78, 5) is 24.7. The van der Waals surface area contributed by atoms with Gasteiger partial charge in [-0.15, -0.1) is 0 Å². The molecule has 0 radical (unpaired) electrons. The third kappa shape index (κ3) is 3.52. The van der Waals surface area contributed by atoms with Gasteiger partial charge in [0.1, 0.15) is 12.4 Å². The van der Waals surface area contributed by atoms with E-state index >= 15 is 4.39 Å². The third-order valence-electron chi connectivity index (χ3n) is 5.92. The van der Waals surface area contributed by atoms with Gasteiger partial charge in [-0.1, -0.05) is 30.3 Å². The number of aromatic nitrogens is 2. The standard InChI is InChI=1S/C23H22FN3O4/c1-15-19(10-28)31-18-8-7-17-9-27(25-21(17)20(15)18)14-23(24)12-26(13-23)22(29)30-11-16-5-3-2-4-6-16/h2-6,9-10H,7-8,11-14H2,1H3. The second kappa shape index (κ2) is 7.37. The summed E-state index contributed by atoms with van der Waals surface area (Å²) in [6, 6.07) is 9.37. The molecule has 31 heavy (non-hydrogen) atoms. The Kier molecular flexibility index (Phi) is 4.64. The Hall–Kier alpha value is -3.42. The number of carbonyl (C=O) groups excluding carboxylic acids is 2. The number of ether oxygens (including phenoxy) is 1. The molecule has 2 aliphatic rings. The number of alkyl halides is 1. The van der Waals surface area contributed by atoms with Crippen LogP contribution in [-0.2, 0) is 30.7 Å². The largest absolute Gasteiger partial charge is 0.457 e. The van der Waals surface area contributed by atoms with Gasteiger partial charge in [0.2, 0.25) is 0 Å². The predicted molar refractivity (Wildman–Crippen MR) is 110 cm³/mol. The van der Waals surface area contributed by atoms with Crippen molar-refractivity contribution >= 4 is 12.4 Å². The minimum absolute atomic E-state index is 0.0313. The maximum Gasteiger partial charge on any atom is 0.410 e. The van der Waals surface area contributed by atoms with Crippen molar-refractivity contribution in [2.24, 2.45) is 0 Å². The highest BCUT2D eigenvalue weighted by Crippen LogP contribution is 2.38. The Bertz CT molecular complexity index is 1150. The van der Waals surface area contributed by atoms with Gasteiger partial charge in [0.25, 0.3) is 0 Å². The molecule has 0 atom stereocenters. The number of aldehydes is 1. The number of aryl methyl sites for hydroxylation is 2. The first kappa shape index (κ1) is 19.5. The van der Waals surface area contributed by atoms with Crippen LogP contribution in [0.5, 0.6) is 0 Å². The van der Waals surface area contributed by atoms with E-state index in [4.69, 9.17) is 9.15 Å². The van der Waals surface area contributed by atoms with Crippen LogP contribution in [0, 0.1) is 6.92 Å². The molecule has 3 aromatic rings. The highest BCUT2D eigenvalue weighted by molar-refractivity contribution is 5.81. The number of rotatable bonds is 5. The lowest BCUT2D eigenvalue weighted by Gasteiger charge is -2.43. The number of hydrogen-bond donors (Lipinski definition) is 0. The molecule has 1 fully saturated rings. The van der Waals surface area contributed by atoms with Gasteiger partial charge in [0.05, 0.1) is 25.3 Å². The molecule has 2 aromatic heterocycles. The molecule has 7 nitrogen and oxygen atoms in total. The highest BCUT2D eigenvalue weighted by atomic mass is 19.1. The van der Waals surface area contributed by atoms with E-state index in [9.17, 15) is 9.59 Å². The number of halogens is 1. The quantitative estimate of drug-likeness (QED) is 0.585. The van der Waals surface area contributed by atoms with Gasteiger partial charge in [-0.3, -0.25) is 9.48 Å². The molecule has 0 unspecified atom stereocenters. The van der Waals surface area contributed by atoms with Crippen molar-refractivity contribution in [1.82, 2.24) is 14.7 Å². The number of likely N-dealkylation sites (tertiary alicyclic amines) is 1. The first-order valence-electron chi connectivity index (χ1n) is 10.2. The van der Waals surface area contributed by atoms with E-state index in [1.54, 1.807) is 4.68 Å². The molecular formula is C23H22FN3O4. The zero-order valence-corrected chi connectivity index (χ0v) is 17.1. The summed E-state index contributed by atoms with van der Waals surface area (Å²) in [5.41, 5.74) is 2.70. The van der Waals surface area contributed by atoms with Gasteiger partial charge < -0.3 is 14.1 Å². The van der Waals surface area contributed by atoms with Crippen LogP contribution in [0.4, 0.5) is 9.18 Å². The Morgan fingerprint density at radius 1 is 1.29 bits per heavy atom. The van der Waals surface area contributed by atoms with Gasteiger partial charge in [0.15, 0.2) is 17.7 Å². The number of amides is 1. The van der Waals surface area contributed by atoms with Gasteiger partial charge in [0, 0.05) is 23.7 Å². The lowest BCUT2D eigenvalue weighted by atomic mass is 9.94. The van der Waals surface area contributed by atoms with Crippen LogP contribution >= 0.6 is 0 Å². The first-order valence-corrected chi connectivity index (χ1v) is 10.2. The van der Waals surface area contributed by atoms with Crippen molar-refractivity contribution in [3.8, 4) is 11.3 Å². The summed E-state index contributed by atoms with van der Waals surface area (Å²) in [6.07, 6.45) is 3.45. The topological polar surface area (TPSA) is 77.6 Å². The van der Waals surface area contributed by atoms with E-state index < -0.39 is 11.8 Å². The van der Waals surface area contributed by atoms with E-state index in [1.807, 2.05) is 43.5 Å². The molecule has 8 heteroatoms. The van der Waals surface area contributed by atoms with Crippen LogP contribution in [0.15, 0.2) is 40.9 Å². The van der Waals surface area contributed by atoms with Crippen LogP contribution in [0.3, 0.4) is 0 Å². The fraction of sp³-hybridized carbons (Fsp3) is 0.348. The highest BCUT2D eigenvalue weighted by Gasteiger charge is 2.47. The monoisotopic (exact) mass is 423 g/mol. The van der Waals surface area contributed by atoms with Gasteiger partial charge in [-0.25, -0.2) is 9.18 Å². The summed E-state index contributed by atoms with van der Waals surface area (Å²) >= 11 is 0. The van der Waals surface area contributed by atoms with E-state index in [0.717, 1.165) is 40.1 Å². The summed E-state index contributed by atoms with van der Waals surface area (Å²) in [7, 11) is 0. The van der Waals surface area contributed by atoms with Crippen molar-refractivity contribution in [2.45, 2.75) is 38.6 Å². The fourth-order valence-corrected chi connectivity index (χ4v) is 4.34. The maximum atomic E-state index is 15.2. The lowest BCUT2D eigenvalue weighted by molar-refractivity contribution is -0.0425. The fourth-order valence-electron chi connectivity index (χ4n) is 4.34. The summed E-state index contributed by atoms with van der Waals surface area (Å²) in [6.45, 7) is 1.99. The zero-order valence-electron chi connectivity index (χ0n) is 17.1. The van der Waals surface area contributed by atoms with Crippen molar-refractivity contribution < 1.29 is 23.1 Å². The van der Waals surface area contributed by atoms with Crippen molar-refractivity contribution in [1.29, 1.82) is 0 Å². The molecule has 0 spiro atoms. The summed E-state index contributed by atoms with van der Waals surface area (Å²) < 4.78 is 27.7. The number of benzene rings is 1. The molecule has 5 rings (SSSR count). The normalized spacial score (nSPS) is 16.3. The van der Waals surface area contributed by atoms with Crippen LogP contribution in [0.1, 0.15) is 33.0 Å². The molecule has 0 N–H and O–H groups in total. The van der Waals surface area contributed by atoms with E-state index in [0.29, 0.717) is 18.5 Å². The van der Waals surface area contributed by atoms with Gasteiger partial charge in [-0.05, 0) is 24.5 Å². The average molecular weight is 423 g/mol. The molecule has 0 saturated carbocycles. The van der Waals surface area contributed by atoms with Gasteiger partial charge >= 0.3 is 6.09 Å². The van der Waals surface area contributed by atoms with Crippen molar-refractivity contribution in [3.05, 3.63) is 64.7 Å². The molecule has 1 saturated heterocycles. The third-order valence-corrected chi connectivity index (χ3v) is 5.92. The number of hydrogen-bond acceptors (Lipinski definition) is 5. The molecule has 1 aromatic carbocycles. The second-order valence-corrected chi connectivity index (χ2v) is 8.25. The van der Waals surface area contributed by atoms with Crippen molar-refractivity contribution in [2.75, 3.05) is 13.1 Å².